The van der Waals surface area contributed by atoms with E-state index >= 15 is 0 Å². The second-order valence-corrected chi connectivity index (χ2v) is 6.81. The van der Waals surface area contributed by atoms with Crippen LogP contribution in [0.1, 0.15) is 6.92 Å². The summed E-state index contributed by atoms with van der Waals surface area (Å²) in [5.41, 5.74) is 11.0. The molecule has 2 heterocycles. The number of nitrogens with two attached hydrogens (primary N) is 2. The van der Waals surface area contributed by atoms with Gasteiger partial charge in [-0.25, -0.2) is 0 Å². The minimum absolute atomic E-state index is 0.678. The SMILES string of the molecule is CC(N)(N)OC1OC(CO)C(OC2OC(CO)C(O)C(O)C2O)C(O)C1O. The predicted molar refractivity (Wildman–Crippen MR) is 84.3 cm³/mol. The minimum Gasteiger partial charge on any atom is -0.394 e. The number of hydrogen-bond donors (Lipinski definition) is 9. The van der Waals surface area contributed by atoms with Crippen molar-refractivity contribution in [2.24, 2.45) is 11.5 Å². The Bertz CT molecular complexity index is 474. The number of aliphatic hydroxyl groups is 7. The lowest BCUT2D eigenvalue weighted by molar-refractivity contribution is -0.367. The van der Waals surface area contributed by atoms with E-state index in [4.69, 9.17) is 30.4 Å². The van der Waals surface area contributed by atoms with Crippen LogP contribution in [0.25, 0.3) is 0 Å². The molecule has 13 nitrogen and oxygen atoms in total. The Morgan fingerprint density at radius 2 is 1.30 bits per heavy atom. The molecular weight excluding hydrogens is 372 g/mol. The third kappa shape index (κ3) is 5.10. The zero-order valence-corrected chi connectivity index (χ0v) is 14.6. The average molecular weight is 400 g/mol. The summed E-state index contributed by atoms with van der Waals surface area (Å²) in [6.07, 6.45) is -15.4. The van der Waals surface area contributed by atoms with Crippen LogP contribution in [0.4, 0.5) is 0 Å². The number of rotatable bonds is 6. The van der Waals surface area contributed by atoms with Gasteiger partial charge in [-0.05, 0) is 6.92 Å². The molecule has 0 aromatic carbocycles. The molecule has 0 saturated carbocycles. The summed E-state index contributed by atoms with van der Waals surface area (Å²) in [6, 6.07) is 0. The van der Waals surface area contributed by atoms with Crippen LogP contribution in [-0.2, 0) is 18.9 Å². The summed E-state index contributed by atoms with van der Waals surface area (Å²) in [4.78, 5) is 0. The largest absolute Gasteiger partial charge is 0.394 e. The van der Waals surface area contributed by atoms with Gasteiger partial charge in [0.1, 0.15) is 48.8 Å². The highest BCUT2D eigenvalue weighted by molar-refractivity contribution is 4.94. The maximum Gasteiger partial charge on any atom is 0.190 e. The average Bonchev–Trinajstić information content (AvgIpc) is 2.60. The van der Waals surface area contributed by atoms with Gasteiger partial charge in [-0.2, -0.15) is 0 Å². The monoisotopic (exact) mass is 400 g/mol. The highest BCUT2D eigenvalue weighted by Gasteiger charge is 2.51. The van der Waals surface area contributed by atoms with Crippen LogP contribution in [0, 0.1) is 0 Å². The molecule has 10 atom stereocenters. The Kier molecular flexibility index (Phi) is 7.48. The fourth-order valence-electron chi connectivity index (χ4n) is 2.90. The molecule has 2 aliphatic heterocycles. The van der Waals surface area contributed by atoms with Gasteiger partial charge >= 0.3 is 0 Å². The van der Waals surface area contributed by atoms with Gasteiger partial charge in [0.2, 0.25) is 0 Å². The van der Waals surface area contributed by atoms with Crippen molar-refractivity contribution in [3.63, 3.8) is 0 Å². The van der Waals surface area contributed by atoms with Gasteiger partial charge in [0.05, 0.1) is 13.2 Å². The predicted octanol–water partition coefficient (Wildman–Crippen LogP) is -5.78. The second kappa shape index (κ2) is 8.87. The quantitative estimate of drug-likeness (QED) is 0.189. The summed E-state index contributed by atoms with van der Waals surface area (Å²) in [6.45, 7) is -0.0837. The van der Waals surface area contributed by atoms with Gasteiger partial charge in [0.15, 0.2) is 18.4 Å². The van der Waals surface area contributed by atoms with E-state index in [1.807, 2.05) is 0 Å². The highest BCUT2D eigenvalue weighted by atomic mass is 16.7. The van der Waals surface area contributed by atoms with Crippen LogP contribution in [-0.4, -0.2) is 116 Å². The summed E-state index contributed by atoms with van der Waals surface area (Å²) < 4.78 is 21.0. The van der Waals surface area contributed by atoms with Crippen LogP contribution in [0.5, 0.6) is 0 Å². The molecule has 11 N–H and O–H groups in total. The highest BCUT2D eigenvalue weighted by Crippen LogP contribution is 2.29. The zero-order valence-electron chi connectivity index (χ0n) is 14.6. The summed E-state index contributed by atoms with van der Waals surface area (Å²) in [5.74, 6) is -1.70. The first-order chi connectivity index (χ1) is 12.5. The van der Waals surface area contributed by atoms with Crippen LogP contribution in [0.15, 0.2) is 0 Å². The van der Waals surface area contributed by atoms with E-state index < -0.39 is 80.5 Å². The molecule has 13 heteroatoms. The topological polar surface area (TPSA) is 231 Å². The molecule has 0 radical (unpaired) electrons. The molecule has 0 spiro atoms. The first kappa shape index (κ1) is 22.8. The van der Waals surface area contributed by atoms with Crippen LogP contribution < -0.4 is 11.5 Å². The Morgan fingerprint density at radius 1 is 0.778 bits per heavy atom. The molecule has 0 amide bonds. The Balaban J connectivity index is 2.12. The van der Waals surface area contributed by atoms with Crippen molar-refractivity contribution in [1.29, 1.82) is 0 Å². The third-order valence-electron chi connectivity index (χ3n) is 4.33. The number of aliphatic hydroxyl groups excluding tert-OH is 7. The maximum atomic E-state index is 10.3. The summed E-state index contributed by atoms with van der Waals surface area (Å²) in [5, 5.41) is 68.8. The van der Waals surface area contributed by atoms with E-state index in [9.17, 15) is 35.7 Å². The fourth-order valence-corrected chi connectivity index (χ4v) is 2.90. The summed E-state index contributed by atoms with van der Waals surface area (Å²) in [7, 11) is 0. The molecule has 0 aromatic rings. The molecule has 160 valence electrons. The van der Waals surface area contributed by atoms with E-state index in [1.165, 1.54) is 6.92 Å². The normalized spacial score (nSPS) is 46.4. The first-order valence-corrected chi connectivity index (χ1v) is 8.34. The molecule has 2 aliphatic rings. The molecule has 0 aromatic heterocycles. The fraction of sp³-hybridized carbons (Fsp3) is 1.00. The lowest BCUT2D eigenvalue weighted by Crippen LogP contribution is -2.66. The van der Waals surface area contributed by atoms with Crippen molar-refractivity contribution in [3.05, 3.63) is 0 Å². The van der Waals surface area contributed by atoms with Gasteiger partial charge in [-0.15, -0.1) is 0 Å². The molecule has 2 saturated heterocycles. The van der Waals surface area contributed by atoms with Crippen molar-refractivity contribution in [2.45, 2.75) is 74.2 Å². The molecule has 0 bridgehead atoms. The van der Waals surface area contributed by atoms with Crippen LogP contribution in [0.3, 0.4) is 0 Å². The number of ether oxygens (including phenoxy) is 4. The molecule has 2 rings (SSSR count). The molecule has 10 unspecified atom stereocenters. The number of hydrogen-bond acceptors (Lipinski definition) is 13. The van der Waals surface area contributed by atoms with E-state index in [2.05, 4.69) is 0 Å². The van der Waals surface area contributed by atoms with E-state index in [0.29, 0.717) is 0 Å². The lowest BCUT2D eigenvalue weighted by atomic mass is 9.97. The van der Waals surface area contributed by atoms with E-state index in [-0.39, 0.29) is 0 Å². The van der Waals surface area contributed by atoms with Gasteiger partial charge in [0, 0.05) is 0 Å². The summed E-state index contributed by atoms with van der Waals surface area (Å²) >= 11 is 0. The van der Waals surface area contributed by atoms with Crippen molar-refractivity contribution < 1.29 is 54.7 Å². The van der Waals surface area contributed by atoms with Crippen molar-refractivity contribution in [3.8, 4) is 0 Å². The van der Waals surface area contributed by atoms with Gasteiger partial charge < -0.3 is 54.7 Å². The zero-order chi connectivity index (χ0) is 20.5. The van der Waals surface area contributed by atoms with Crippen LogP contribution in [0.2, 0.25) is 0 Å². The van der Waals surface area contributed by atoms with Crippen molar-refractivity contribution in [1.82, 2.24) is 0 Å². The van der Waals surface area contributed by atoms with Gasteiger partial charge in [-0.3, -0.25) is 11.5 Å². The first-order valence-electron chi connectivity index (χ1n) is 8.34. The van der Waals surface area contributed by atoms with E-state index in [1.54, 1.807) is 0 Å². The van der Waals surface area contributed by atoms with Gasteiger partial charge in [0.25, 0.3) is 0 Å². The smallest absolute Gasteiger partial charge is 0.190 e. The molecule has 27 heavy (non-hydrogen) atoms. The molecule has 2 fully saturated rings. The second-order valence-electron chi connectivity index (χ2n) is 6.81. The van der Waals surface area contributed by atoms with Crippen LogP contribution >= 0.6 is 0 Å². The third-order valence-corrected chi connectivity index (χ3v) is 4.33. The Morgan fingerprint density at radius 3 is 1.81 bits per heavy atom. The minimum atomic E-state index is -1.74. The Hall–Kier alpha value is -0.520. The van der Waals surface area contributed by atoms with Gasteiger partial charge in [-0.1, -0.05) is 0 Å². The standard InChI is InChI=1S/C14H28N2O11/c1-14(15,16)27-13-10(23)8(21)11(5(3-18)25-13)26-12-9(22)7(20)6(19)4(2-17)24-12/h4-13,17-23H,2-3,15-16H2,1H3. The lowest BCUT2D eigenvalue weighted by Gasteiger charge is -2.46. The maximum absolute atomic E-state index is 10.3. The molecule has 0 aliphatic carbocycles. The van der Waals surface area contributed by atoms with Crippen molar-refractivity contribution in [2.75, 3.05) is 13.2 Å². The van der Waals surface area contributed by atoms with E-state index in [0.717, 1.165) is 0 Å². The van der Waals surface area contributed by atoms with Crippen molar-refractivity contribution >= 4 is 0 Å². The Labute approximate surface area is 154 Å². The molecular formula is C14H28N2O11.